The van der Waals surface area contributed by atoms with Crippen LogP contribution >= 0.6 is 0 Å². The summed E-state index contributed by atoms with van der Waals surface area (Å²) in [7, 11) is 0. The van der Waals surface area contributed by atoms with E-state index >= 15 is 0 Å². The van der Waals surface area contributed by atoms with Crippen molar-refractivity contribution >= 4 is 5.91 Å². The van der Waals surface area contributed by atoms with Gasteiger partial charge in [0.1, 0.15) is 11.4 Å². The average molecular weight is 364 g/mol. The smallest absolute Gasteiger partial charge is 0.220 e. The summed E-state index contributed by atoms with van der Waals surface area (Å²) in [5.41, 5.74) is 2.87. The molecule has 0 atom stereocenters. The molecule has 5 nitrogen and oxygen atoms in total. The molecule has 0 aliphatic carbocycles. The molecule has 3 aromatic rings. The number of benzene rings is 1. The van der Waals surface area contributed by atoms with E-state index in [9.17, 15) is 4.79 Å². The van der Waals surface area contributed by atoms with Crippen molar-refractivity contribution in [2.24, 2.45) is 0 Å². The highest BCUT2D eigenvalue weighted by molar-refractivity contribution is 5.76. The standard InChI is InChI=1S/C22H24N2O3/c1-2-13-26-19-8-5-17(6-9-19)7-10-22(25)24-16-18-11-12-23-20(15-18)21-4-3-14-27-21/h3-6,8-9,11-12,14-15H,2,7,10,13,16H2,1H3,(H,24,25). The van der Waals surface area contributed by atoms with Crippen molar-refractivity contribution in [3.05, 3.63) is 72.1 Å². The molecule has 1 aromatic carbocycles. The Morgan fingerprint density at radius 1 is 1.15 bits per heavy atom. The molecule has 5 heteroatoms. The molecular formula is C22H24N2O3. The Labute approximate surface area is 159 Å². The first-order valence-electron chi connectivity index (χ1n) is 9.22. The van der Waals surface area contributed by atoms with Gasteiger partial charge in [-0.1, -0.05) is 19.1 Å². The Bertz CT molecular complexity index is 842. The van der Waals surface area contributed by atoms with Crippen molar-refractivity contribution in [2.45, 2.75) is 32.7 Å². The van der Waals surface area contributed by atoms with Gasteiger partial charge in [-0.3, -0.25) is 9.78 Å². The quantitative estimate of drug-likeness (QED) is 0.612. The number of nitrogens with one attached hydrogen (secondary N) is 1. The molecule has 0 spiro atoms. The van der Waals surface area contributed by atoms with Gasteiger partial charge in [-0.2, -0.15) is 0 Å². The van der Waals surface area contributed by atoms with Crippen molar-refractivity contribution in [3.8, 4) is 17.2 Å². The van der Waals surface area contributed by atoms with E-state index in [0.717, 1.165) is 41.4 Å². The molecular weight excluding hydrogens is 340 g/mol. The lowest BCUT2D eigenvalue weighted by Gasteiger charge is -2.08. The number of aromatic nitrogens is 1. The average Bonchev–Trinajstić information content (AvgIpc) is 3.25. The van der Waals surface area contributed by atoms with Crippen LogP contribution in [0.4, 0.5) is 0 Å². The lowest BCUT2D eigenvalue weighted by atomic mass is 10.1. The Morgan fingerprint density at radius 2 is 2.00 bits per heavy atom. The highest BCUT2D eigenvalue weighted by Crippen LogP contribution is 2.18. The number of hydrogen-bond donors (Lipinski definition) is 1. The van der Waals surface area contributed by atoms with E-state index in [4.69, 9.17) is 9.15 Å². The summed E-state index contributed by atoms with van der Waals surface area (Å²) in [6, 6.07) is 15.4. The highest BCUT2D eigenvalue weighted by Gasteiger charge is 2.06. The molecule has 0 saturated heterocycles. The van der Waals surface area contributed by atoms with Crippen LogP contribution in [0.15, 0.2) is 65.4 Å². The molecule has 1 N–H and O–H groups in total. The van der Waals surface area contributed by atoms with Crippen LogP contribution in [-0.2, 0) is 17.8 Å². The van der Waals surface area contributed by atoms with Gasteiger partial charge in [-0.05, 0) is 60.4 Å². The molecule has 2 aromatic heterocycles. The molecule has 27 heavy (non-hydrogen) atoms. The molecule has 2 heterocycles. The van der Waals surface area contributed by atoms with Gasteiger partial charge in [0.2, 0.25) is 5.91 Å². The van der Waals surface area contributed by atoms with E-state index in [1.165, 1.54) is 0 Å². The van der Waals surface area contributed by atoms with E-state index < -0.39 is 0 Å². The Hall–Kier alpha value is -3.08. The van der Waals surface area contributed by atoms with Gasteiger partial charge >= 0.3 is 0 Å². The summed E-state index contributed by atoms with van der Waals surface area (Å²) in [5, 5.41) is 2.96. The summed E-state index contributed by atoms with van der Waals surface area (Å²) in [6.45, 7) is 3.27. The predicted octanol–water partition coefficient (Wildman–Crippen LogP) is 4.38. The molecule has 0 unspecified atom stereocenters. The zero-order chi connectivity index (χ0) is 18.9. The number of pyridine rings is 1. The second-order valence-corrected chi connectivity index (χ2v) is 6.30. The van der Waals surface area contributed by atoms with Crippen LogP contribution in [-0.4, -0.2) is 17.5 Å². The summed E-state index contributed by atoms with van der Waals surface area (Å²) >= 11 is 0. The highest BCUT2D eigenvalue weighted by atomic mass is 16.5. The fourth-order valence-corrected chi connectivity index (χ4v) is 2.66. The number of amides is 1. The largest absolute Gasteiger partial charge is 0.494 e. The Morgan fingerprint density at radius 3 is 2.74 bits per heavy atom. The second-order valence-electron chi connectivity index (χ2n) is 6.30. The van der Waals surface area contributed by atoms with E-state index in [2.05, 4.69) is 17.2 Å². The molecule has 0 bridgehead atoms. The van der Waals surface area contributed by atoms with Crippen LogP contribution in [0.25, 0.3) is 11.5 Å². The van der Waals surface area contributed by atoms with Crippen LogP contribution in [0.1, 0.15) is 30.9 Å². The van der Waals surface area contributed by atoms with Gasteiger partial charge in [-0.15, -0.1) is 0 Å². The van der Waals surface area contributed by atoms with Gasteiger partial charge in [0.15, 0.2) is 5.76 Å². The first-order chi connectivity index (χ1) is 13.2. The molecule has 1 amide bonds. The maximum absolute atomic E-state index is 12.1. The second kappa shape index (κ2) is 9.57. The fourth-order valence-electron chi connectivity index (χ4n) is 2.66. The topological polar surface area (TPSA) is 64.4 Å². The number of ether oxygens (including phenoxy) is 1. The molecule has 0 fully saturated rings. The van der Waals surface area contributed by atoms with Crippen molar-refractivity contribution in [1.82, 2.24) is 10.3 Å². The number of carbonyl (C=O) groups excluding carboxylic acids is 1. The number of aryl methyl sites for hydroxylation is 1. The van der Waals surface area contributed by atoms with E-state index in [-0.39, 0.29) is 5.91 Å². The predicted molar refractivity (Wildman–Crippen MR) is 104 cm³/mol. The third-order valence-corrected chi connectivity index (χ3v) is 4.12. The van der Waals surface area contributed by atoms with Crippen LogP contribution in [0.2, 0.25) is 0 Å². The van der Waals surface area contributed by atoms with E-state index in [0.29, 0.717) is 19.4 Å². The molecule has 0 aliphatic rings. The molecule has 140 valence electrons. The Balaban J connectivity index is 1.45. The SMILES string of the molecule is CCCOc1ccc(CCC(=O)NCc2ccnc(-c3ccco3)c2)cc1. The Kier molecular flexibility index (Phi) is 6.63. The lowest BCUT2D eigenvalue weighted by molar-refractivity contribution is -0.121. The normalized spacial score (nSPS) is 10.6. The maximum Gasteiger partial charge on any atom is 0.220 e. The van der Waals surface area contributed by atoms with Gasteiger partial charge in [0.25, 0.3) is 0 Å². The van der Waals surface area contributed by atoms with Gasteiger partial charge in [0.05, 0.1) is 12.9 Å². The molecule has 0 saturated carbocycles. The lowest BCUT2D eigenvalue weighted by Crippen LogP contribution is -2.23. The van der Waals surface area contributed by atoms with E-state index in [1.54, 1.807) is 12.5 Å². The van der Waals surface area contributed by atoms with Gasteiger partial charge in [-0.25, -0.2) is 0 Å². The van der Waals surface area contributed by atoms with Crippen molar-refractivity contribution in [3.63, 3.8) is 0 Å². The number of hydrogen-bond acceptors (Lipinski definition) is 4. The summed E-state index contributed by atoms with van der Waals surface area (Å²) in [6.07, 6.45) is 5.48. The van der Waals surface area contributed by atoms with Gasteiger partial charge in [0, 0.05) is 19.2 Å². The maximum atomic E-state index is 12.1. The van der Waals surface area contributed by atoms with Crippen molar-refractivity contribution in [1.29, 1.82) is 0 Å². The first kappa shape index (κ1) is 18.7. The third kappa shape index (κ3) is 5.71. The summed E-state index contributed by atoms with van der Waals surface area (Å²) < 4.78 is 10.9. The number of furan rings is 1. The first-order valence-corrected chi connectivity index (χ1v) is 9.22. The molecule has 0 radical (unpaired) electrons. The van der Waals surface area contributed by atoms with Crippen LogP contribution in [0, 0.1) is 0 Å². The zero-order valence-electron chi connectivity index (χ0n) is 15.5. The third-order valence-electron chi connectivity index (χ3n) is 4.12. The minimum atomic E-state index is 0.0256. The number of nitrogens with zero attached hydrogens (tertiary/aromatic N) is 1. The fraction of sp³-hybridized carbons (Fsp3) is 0.273. The van der Waals surface area contributed by atoms with Crippen LogP contribution < -0.4 is 10.1 Å². The minimum Gasteiger partial charge on any atom is -0.494 e. The van der Waals surface area contributed by atoms with Gasteiger partial charge < -0.3 is 14.5 Å². The van der Waals surface area contributed by atoms with Crippen molar-refractivity contribution < 1.29 is 13.9 Å². The number of rotatable bonds is 9. The molecule has 0 aliphatic heterocycles. The summed E-state index contributed by atoms with van der Waals surface area (Å²) in [4.78, 5) is 16.4. The van der Waals surface area contributed by atoms with Crippen LogP contribution in [0.5, 0.6) is 5.75 Å². The number of carbonyl (C=O) groups is 1. The van der Waals surface area contributed by atoms with Crippen LogP contribution in [0.3, 0.4) is 0 Å². The van der Waals surface area contributed by atoms with Crippen molar-refractivity contribution in [2.75, 3.05) is 6.61 Å². The molecule has 3 rings (SSSR count). The minimum absolute atomic E-state index is 0.0256. The monoisotopic (exact) mass is 364 g/mol. The zero-order valence-corrected chi connectivity index (χ0v) is 15.5. The summed E-state index contributed by atoms with van der Waals surface area (Å²) in [5.74, 6) is 1.61. The van der Waals surface area contributed by atoms with E-state index in [1.807, 2.05) is 48.5 Å².